The van der Waals surface area contributed by atoms with Crippen molar-refractivity contribution in [3.63, 3.8) is 0 Å². The number of nitrogens with two attached hydrogens (primary N) is 1. The fraction of sp³-hybridized carbons (Fsp3) is 0.450. The normalized spacial score (nSPS) is 17.7. The van der Waals surface area contributed by atoms with Crippen LogP contribution in [0, 0.1) is 11.2 Å². The van der Waals surface area contributed by atoms with Crippen LogP contribution < -0.4 is 16.4 Å². The quantitative estimate of drug-likeness (QED) is 0.185. The van der Waals surface area contributed by atoms with Gasteiger partial charge in [-0.2, -0.15) is 26.3 Å². The smallest absolute Gasteiger partial charge is 0.401 e. The first-order chi connectivity index (χ1) is 15.1. The standard InChI is InChI=1S/C20H21F7N4O2/c1-18(5-6-18)15(10-3-4-12(13(21)7-10)20(25,26)27)30-16(31-17(33)29-2)11(9-32)14(28)8-19(22,23)24/h3-4,7,9,15H,5-6,8,28H2,1-2H3,(H2,29,30,31,33). The first kappa shape index (κ1) is 26.1. The van der Waals surface area contributed by atoms with E-state index in [9.17, 15) is 40.3 Å². The molecule has 1 fully saturated rings. The number of benzene rings is 1. The Morgan fingerprint density at radius 3 is 2.27 bits per heavy atom. The van der Waals surface area contributed by atoms with Crippen molar-refractivity contribution < 1.29 is 40.3 Å². The molecule has 1 aliphatic rings. The lowest BCUT2D eigenvalue weighted by Crippen LogP contribution is -2.40. The van der Waals surface area contributed by atoms with Crippen LogP contribution in [0.2, 0.25) is 0 Å². The van der Waals surface area contributed by atoms with Crippen molar-refractivity contribution in [2.75, 3.05) is 7.05 Å². The summed E-state index contributed by atoms with van der Waals surface area (Å²) in [6.45, 7) is 1.68. The molecule has 0 saturated heterocycles. The first-order valence-corrected chi connectivity index (χ1v) is 9.55. The van der Waals surface area contributed by atoms with Gasteiger partial charge in [0.15, 0.2) is 6.29 Å². The molecule has 1 aromatic carbocycles. The minimum Gasteiger partial charge on any atom is -0.401 e. The summed E-state index contributed by atoms with van der Waals surface area (Å²) >= 11 is 0. The fourth-order valence-electron chi connectivity index (χ4n) is 3.10. The molecule has 2 rings (SSSR count). The van der Waals surface area contributed by atoms with Crippen LogP contribution >= 0.6 is 0 Å². The van der Waals surface area contributed by atoms with Gasteiger partial charge in [0.25, 0.3) is 0 Å². The molecule has 0 aromatic heterocycles. The van der Waals surface area contributed by atoms with Crippen LogP contribution in [-0.4, -0.2) is 31.4 Å². The number of urea groups is 1. The highest BCUT2D eigenvalue weighted by molar-refractivity contribution is 6.18. The van der Waals surface area contributed by atoms with E-state index in [4.69, 9.17) is 5.73 Å². The number of nitrogens with zero attached hydrogens (tertiary/aromatic N) is 1. The SMILES string of the molecule is CNC(=O)NC(=NC(c1ccc(C(F)(F)F)c(F)c1)C1(C)CC1)C(C=O)=C(N)CC(F)(F)F. The van der Waals surface area contributed by atoms with Crippen molar-refractivity contribution in [3.8, 4) is 0 Å². The van der Waals surface area contributed by atoms with E-state index in [1.54, 1.807) is 6.92 Å². The van der Waals surface area contributed by atoms with E-state index in [0.717, 1.165) is 6.07 Å². The van der Waals surface area contributed by atoms with Crippen LogP contribution in [0.1, 0.15) is 43.4 Å². The van der Waals surface area contributed by atoms with E-state index in [1.807, 2.05) is 0 Å². The third-order valence-corrected chi connectivity index (χ3v) is 5.14. The van der Waals surface area contributed by atoms with Crippen LogP contribution in [-0.2, 0) is 11.0 Å². The highest BCUT2D eigenvalue weighted by Crippen LogP contribution is 2.56. The van der Waals surface area contributed by atoms with E-state index in [0.29, 0.717) is 25.0 Å². The van der Waals surface area contributed by atoms with Gasteiger partial charge in [0.1, 0.15) is 11.7 Å². The van der Waals surface area contributed by atoms with Gasteiger partial charge >= 0.3 is 18.4 Å². The number of aliphatic imine (C=N–C) groups is 1. The zero-order valence-corrected chi connectivity index (χ0v) is 17.5. The Hall–Kier alpha value is -3.12. The molecule has 0 radical (unpaired) electrons. The lowest BCUT2D eigenvalue weighted by Gasteiger charge is -2.23. The molecule has 1 unspecified atom stereocenters. The van der Waals surface area contributed by atoms with Gasteiger partial charge in [-0.3, -0.25) is 15.1 Å². The lowest BCUT2D eigenvalue weighted by atomic mass is 9.91. The predicted molar refractivity (Wildman–Crippen MR) is 104 cm³/mol. The molecule has 0 bridgehead atoms. The highest BCUT2D eigenvalue weighted by Gasteiger charge is 2.47. The Morgan fingerprint density at radius 2 is 1.85 bits per heavy atom. The number of nitrogens with one attached hydrogen (secondary N) is 2. The molecule has 2 amide bonds. The molecule has 1 aromatic rings. The molecule has 1 atom stereocenters. The second kappa shape index (κ2) is 9.40. The van der Waals surface area contributed by atoms with E-state index in [-0.39, 0.29) is 11.8 Å². The molecular formula is C20H21F7N4O2. The lowest BCUT2D eigenvalue weighted by molar-refractivity contribution is -0.140. The third kappa shape index (κ3) is 6.68. The Morgan fingerprint density at radius 1 is 1.24 bits per heavy atom. The number of carbonyl (C=O) groups is 2. The Balaban J connectivity index is 2.64. The van der Waals surface area contributed by atoms with Crippen molar-refractivity contribution >= 4 is 18.2 Å². The average molecular weight is 482 g/mol. The van der Waals surface area contributed by atoms with Crippen LogP contribution in [0.15, 0.2) is 34.5 Å². The monoisotopic (exact) mass is 482 g/mol. The van der Waals surface area contributed by atoms with Crippen LogP contribution in [0.5, 0.6) is 0 Å². The number of allylic oxidation sites excluding steroid dienone is 1. The van der Waals surface area contributed by atoms with E-state index >= 15 is 0 Å². The minimum absolute atomic E-state index is 0.0173. The van der Waals surface area contributed by atoms with Crippen molar-refractivity contribution in [3.05, 3.63) is 46.4 Å². The number of alkyl halides is 6. The number of hydrogen-bond donors (Lipinski definition) is 3. The van der Waals surface area contributed by atoms with Gasteiger partial charge in [-0.25, -0.2) is 9.18 Å². The Labute approximate surface area is 184 Å². The van der Waals surface area contributed by atoms with Crippen molar-refractivity contribution in [1.29, 1.82) is 0 Å². The number of carbonyl (C=O) groups excluding carboxylic acids is 2. The van der Waals surface area contributed by atoms with Crippen molar-refractivity contribution in [2.45, 2.75) is 44.6 Å². The number of amidine groups is 1. The third-order valence-electron chi connectivity index (χ3n) is 5.14. The van der Waals surface area contributed by atoms with E-state index < -0.39 is 64.7 Å². The summed E-state index contributed by atoms with van der Waals surface area (Å²) in [5.74, 6) is -2.18. The van der Waals surface area contributed by atoms with Gasteiger partial charge in [0, 0.05) is 12.7 Å². The molecular weight excluding hydrogens is 461 g/mol. The van der Waals surface area contributed by atoms with Gasteiger partial charge in [0.05, 0.1) is 23.6 Å². The predicted octanol–water partition coefficient (Wildman–Crippen LogP) is 4.38. The average Bonchev–Trinajstić information content (AvgIpc) is 3.41. The molecule has 1 aliphatic carbocycles. The second-order valence-corrected chi connectivity index (χ2v) is 7.82. The maximum absolute atomic E-state index is 14.2. The van der Waals surface area contributed by atoms with Crippen molar-refractivity contribution in [1.82, 2.24) is 10.6 Å². The topological polar surface area (TPSA) is 96.6 Å². The summed E-state index contributed by atoms with van der Waals surface area (Å²) < 4.78 is 91.4. The van der Waals surface area contributed by atoms with Gasteiger partial charge in [0.2, 0.25) is 0 Å². The van der Waals surface area contributed by atoms with Crippen LogP contribution in [0.25, 0.3) is 0 Å². The molecule has 33 heavy (non-hydrogen) atoms. The summed E-state index contributed by atoms with van der Waals surface area (Å²) in [4.78, 5) is 27.6. The number of halogens is 7. The second-order valence-electron chi connectivity index (χ2n) is 7.82. The van der Waals surface area contributed by atoms with Crippen LogP contribution in [0.3, 0.4) is 0 Å². The number of rotatable bonds is 6. The largest absolute Gasteiger partial charge is 0.419 e. The maximum atomic E-state index is 14.2. The van der Waals surface area contributed by atoms with Gasteiger partial charge < -0.3 is 11.1 Å². The van der Waals surface area contributed by atoms with Gasteiger partial charge in [-0.1, -0.05) is 13.0 Å². The summed E-state index contributed by atoms with van der Waals surface area (Å²) in [5.41, 5.74) is 1.56. The maximum Gasteiger partial charge on any atom is 0.419 e. The fourth-order valence-corrected chi connectivity index (χ4v) is 3.10. The van der Waals surface area contributed by atoms with Gasteiger partial charge in [-0.05, 0) is 36.0 Å². The summed E-state index contributed by atoms with van der Waals surface area (Å²) in [5, 5.41) is 4.27. The highest BCUT2D eigenvalue weighted by atomic mass is 19.4. The van der Waals surface area contributed by atoms with Gasteiger partial charge in [-0.15, -0.1) is 0 Å². The number of hydrogen-bond acceptors (Lipinski definition) is 4. The minimum atomic E-state index is -4.93. The molecule has 0 heterocycles. The summed E-state index contributed by atoms with van der Waals surface area (Å²) in [6, 6.07) is 0.117. The molecule has 0 aliphatic heterocycles. The van der Waals surface area contributed by atoms with Crippen molar-refractivity contribution in [2.24, 2.45) is 16.1 Å². The number of amides is 2. The molecule has 1 saturated carbocycles. The van der Waals surface area contributed by atoms with E-state index in [1.165, 1.54) is 7.05 Å². The summed E-state index contributed by atoms with van der Waals surface area (Å²) in [6.07, 6.45) is -10.4. The zero-order valence-electron chi connectivity index (χ0n) is 17.5. The Kier molecular flexibility index (Phi) is 7.44. The molecule has 6 nitrogen and oxygen atoms in total. The zero-order chi connectivity index (χ0) is 25.2. The molecule has 13 heteroatoms. The van der Waals surface area contributed by atoms with Crippen LogP contribution in [0.4, 0.5) is 35.5 Å². The Bertz CT molecular complexity index is 980. The summed E-state index contributed by atoms with van der Waals surface area (Å²) in [7, 11) is 1.20. The van der Waals surface area contributed by atoms with E-state index in [2.05, 4.69) is 15.6 Å². The molecule has 182 valence electrons. The number of aldehydes is 1. The molecule has 4 N–H and O–H groups in total. The first-order valence-electron chi connectivity index (χ1n) is 9.55. The molecule has 0 spiro atoms.